The van der Waals surface area contributed by atoms with Gasteiger partial charge in [-0.25, -0.2) is 8.42 Å². The Balaban J connectivity index is 2.11. The van der Waals surface area contributed by atoms with Gasteiger partial charge in [0.25, 0.3) is 0 Å². The summed E-state index contributed by atoms with van der Waals surface area (Å²) in [5.74, 6) is -0.454. The van der Waals surface area contributed by atoms with Gasteiger partial charge in [-0.1, -0.05) is 18.5 Å². The van der Waals surface area contributed by atoms with Crippen LogP contribution in [0.3, 0.4) is 0 Å². The van der Waals surface area contributed by atoms with E-state index in [9.17, 15) is 13.2 Å². The number of halogens is 1. The van der Waals surface area contributed by atoms with Crippen LogP contribution in [-0.4, -0.2) is 39.3 Å². The quantitative estimate of drug-likeness (QED) is 0.825. The van der Waals surface area contributed by atoms with Crippen LogP contribution in [0.25, 0.3) is 0 Å². The molecule has 1 aliphatic rings. The van der Waals surface area contributed by atoms with E-state index >= 15 is 0 Å². The summed E-state index contributed by atoms with van der Waals surface area (Å²) in [6.07, 6.45) is 1.47. The predicted octanol–water partition coefficient (Wildman–Crippen LogP) is 2.33. The van der Waals surface area contributed by atoms with E-state index in [0.29, 0.717) is 35.3 Å². The maximum absolute atomic E-state index is 12.3. The van der Waals surface area contributed by atoms with Crippen LogP contribution in [0.2, 0.25) is 5.02 Å². The number of ether oxygens (including phenoxy) is 2. The highest BCUT2D eigenvalue weighted by molar-refractivity contribution is 7.91. The second-order valence-corrected chi connectivity index (χ2v) is 8.34. The monoisotopic (exact) mass is 375 g/mol. The summed E-state index contributed by atoms with van der Waals surface area (Å²) in [7, 11) is -3.61. The van der Waals surface area contributed by atoms with Gasteiger partial charge in [0.15, 0.2) is 21.3 Å². The van der Waals surface area contributed by atoms with Crippen molar-refractivity contribution in [3.63, 3.8) is 0 Å². The molecule has 0 saturated carbocycles. The lowest BCUT2D eigenvalue weighted by Gasteiger charge is -2.13. The number of amides is 1. The van der Waals surface area contributed by atoms with E-state index < -0.39 is 21.5 Å². The van der Waals surface area contributed by atoms with Crippen LogP contribution in [0.4, 0.5) is 0 Å². The first kappa shape index (κ1) is 18.9. The van der Waals surface area contributed by atoms with E-state index in [-0.39, 0.29) is 11.8 Å². The number of carbonyl (C=O) groups is 1. The van der Waals surface area contributed by atoms with Gasteiger partial charge in [-0.3, -0.25) is 4.79 Å². The summed E-state index contributed by atoms with van der Waals surface area (Å²) in [6, 6.07) is 3.09. The normalized spacial score (nSPS) is 15.5. The fourth-order valence-electron chi connectivity index (χ4n) is 2.29. The molecule has 0 aromatic heterocycles. The summed E-state index contributed by atoms with van der Waals surface area (Å²) in [5.41, 5.74) is 0.473. The first-order chi connectivity index (χ1) is 11.3. The largest absolute Gasteiger partial charge is 0.489 e. The van der Waals surface area contributed by atoms with E-state index in [4.69, 9.17) is 21.1 Å². The highest BCUT2D eigenvalue weighted by Gasteiger charge is 2.21. The molecule has 1 amide bonds. The van der Waals surface area contributed by atoms with Crippen LogP contribution in [-0.2, 0) is 20.4 Å². The van der Waals surface area contributed by atoms with Crippen molar-refractivity contribution >= 4 is 27.3 Å². The van der Waals surface area contributed by atoms with Gasteiger partial charge in [0, 0.05) is 12.5 Å². The van der Waals surface area contributed by atoms with Gasteiger partial charge in [-0.15, -0.1) is 0 Å². The van der Waals surface area contributed by atoms with Crippen molar-refractivity contribution < 1.29 is 22.7 Å². The van der Waals surface area contributed by atoms with Crippen LogP contribution >= 0.6 is 11.6 Å². The smallest absolute Gasteiger partial charge is 0.235 e. The first-order valence-electron chi connectivity index (χ1n) is 7.88. The maximum atomic E-state index is 12.3. The average Bonchev–Trinajstić information content (AvgIpc) is 2.71. The molecule has 2 rings (SSSR count). The zero-order chi connectivity index (χ0) is 17.7. The van der Waals surface area contributed by atoms with Gasteiger partial charge in [0.2, 0.25) is 5.91 Å². The number of fused-ring (bicyclic) bond motifs is 1. The Bertz CT molecular complexity index is 705. The highest BCUT2D eigenvalue weighted by Crippen LogP contribution is 2.38. The predicted molar refractivity (Wildman–Crippen MR) is 92.4 cm³/mol. The average molecular weight is 376 g/mol. The number of hydrogen-bond acceptors (Lipinski definition) is 5. The molecule has 1 atom stereocenters. The summed E-state index contributed by atoms with van der Waals surface area (Å²) in [4.78, 5) is 11.8. The van der Waals surface area contributed by atoms with Gasteiger partial charge in [-0.05, 0) is 31.0 Å². The minimum absolute atomic E-state index is 0.0554. The van der Waals surface area contributed by atoms with Crippen molar-refractivity contribution in [3.05, 3.63) is 22.7 Å². The molecule has 1 aromatic rings. The number of rotatable bonds is 6. The lowest BCUT2D eigenvalue weighted by molar-refractivity contribution is -0.119. The van der Waals surface area contributed by atoms with Gasteiger partial charge in [0.05, 0.1) is 24.0 Å². The fourth-order valence-corrected chi connectivity index (χ4v) is 3.84. The highest BCUT2D eigenvalue weighted by atomic mass is 35.5. The van der Waals surface area contributed by atoms with Crippen molar-refractivity contribution in [3.8, 4) is 11.5 Å². The van der Waals surface area contributed by atoms with E-state index in [1.165, 1.54) is 0 Å². The van der Waals surface area contributed by atoms with Crippen molar-refractivity contribution in [1.82, 2.24) is 5.32 Å². The Kier molecular flexibility index (Phi) is 6.34. The third kappa shape index (κ3) is 5.27. The minimum Gasteiger partial charge on any atom is -0.489 e. The molecule has 134 valence electrons. The molecule has 1 aliphatic heterocycles. The first-order valence-corrected chi connectivity index (χ1v) is 10.1. The molecular weight excluding hydrogens is 354 g/mol. The van der Waals surface area contributed by atoms with Crippen LogP contribution in [0.15, 0.2) is 12.1 Å². The Morgan fingerprint density at radius 3 is 2.75 bits per heavy atom. The summed E-state index contributed by atoms with van der Waals surface area (Å²) < 4.78 is 35.6. The van der Waals surface area contributed by atoms with E-state index in [0.717, 1.165) is 12.8 Å². The molecule has 1 heterocycles. The molecule has 0 unspecified atom stereocenters. The molecular formula is C16H22ClNO5S. The number of sulfone groups is 1. The molecule has 6 nitrogen and oxygen atoms in total. The second-order valence-electron chi connectivity index (χ2n) is 5.86. The number of hydrogen-bond donors (Lipinski definition) is 1. The fraction of sp³-hybridized carbons (Fsp3) is 0.562. The number of carbonyl (C=O) groups excluding carboxylic acids is 1. The van der Waals surface area contributed by atoms with Gasteiger partial charge in [-0.2, -0.15) is 0 Å². The molecule has 0 spiro atoms. The van der Waals surface area contributed by atoms with Crippen molar-refractivity contribution in [2.45, 2.75) is 38.5 Å². The molecule has 1 N–H and O–H groups in total. The van der Waals surface area contributed by atoms with Crippen molar-refractivity contribution in [2.24, 2.45) is 0 Å². The lowest BCUT2D eigenvalue weighted by atomic mass is 10.2. The molecule has 0 fully saturated rings. The minimum atomic E-state index is -3.61. The Morgan fingerprint density at radius 1 is 1.33 bits per heavy atom. The number of benzene rings is 1. The molecule has 0 aliphatic carbocycles. The summed E-state index contributed by atoms with van der Waals surface area (Å²) >= 11 is 6.16. The third-order valence-electron chi connectivity index (χ3n) is 3.62. The summed E-state index contributed by atoms with van der Waals surface area (Å²) in [5, 5.41) is 2.96. The third-order valence-corrected chi connectivity index (χ3v) is 5.38. The molecule has 1 aromatic carbocycles. The van der Waals surface area contributed by atoms with Crippen LogP contribution < -0.4 is 14.8 Å². The SMILES string of the molecule is CC[C@H](C)NC(=O)CS(=O)(=O)Cc1cc(Cl)c2c(c1)OCCCO2. The van der Waals surface area contributed by atoms with Crippen LogP contribution in [0.1, 0.15) is 32.3 Å². The standard InChI is InChI=1S/C16H22ClNO5S/c1-3-11(2)18-15(19)10-24(20,21)9-12-7-13(17)16-14(8-12)22-5-4-6-23-16/h7-8,11H,3-6,9-10H2,1-2H3,(H,18,19)/t11-/m0/s1. The van der Waals surface area contributed by atoms with E-state index in [1.54, 1.807) is 12.1 Å². The van der Waals surface area contributed by atoms with Crippen molar-refractivity contribution in [2.75, 3.05) is 19.0 Å². The molecule has 0 saturated heterocycles. The topological polar surface area (TPSA) is 81.7 Å². The number of nitrogens with one attached hydrogen (secondary N) is 1. The van der Waals surface area contributed by atoms with Crippen LogP contribution in [0.5, 0.6) is 11.5 Å². The maximum Gasteiger partial charge on any atom is 0.235 e. The van der Waals surface area contributed by atoms with Gasteiger partial charge < -0.3 is 14.8 Å². The zero-order valence-corrected chi connectivity index (χ0v) is 15.4. The second kappa shape index (κ2) is 8.07. The molecule has 0 radical (unpaired) electrons. The Morgan fingerprint density at radius 2 is 2.04 bits per heavy atom. The van der Waals surface area contributed by atoms with E-state index in [1.807, 2.05) is 13.8 Å². The van der Waals surface area contributed by atoms with Crippen LogP contribution in [0, 0.1) is 0 Å². The van der Waals surface area contributed by atoms with E-state index in [2.05, 4.69) is 5.32 Å². The van der Waals surface area contributed by atoms with Gasteiger partial charge >= 0.3 is 0 Å². The molecule has 8 heteroatoms. The molecule has 0 bridgehead atoms. The van der Waals surface area contributed by atoms with Gasteiger partial charge in [0.1, 0.15) is 5.75 Å². The van der Waals surface area contributed by atoms with Crippen molar-refractivity contribution in [1.29, 1.82) is 0 Å². The summed E-state index contributed by atoms with van der Waals surface area (Å²) in [6.45, 7) is 4.73. The molecule has 24 heavy (non-hydrogen) atoms. The Labute approximate surface area is 147 Å². The Hall–Kier alpha value is -1.47. The zero-order valence-electron chi connectivity index (χ0n) is 13.8. The lowest BCUT2D eigenvalue weighted by Crippen LogP contribution is -2.36.